The third-order valence-corrected chi connectivity index (χ3v) is 3.45. The average Bonchev–Trinajstić information content (AvgIpc) is 2.59. The van der Waals surface area contributed by atoms with Gasteiger partial charge in [-0.3, -0.25) is 4.79 Å². The normalized spacial score (nSPS) is 10.7. The van der Waals surface area contributed by atoms with Gasteiger partial charge in [-0.1, -0.05) is 12.1 Å². The summed E-state index contributed by atoms with van der Waals surface area (Å²) in [6, 6.07) is 12.4. The van der Waals surface area contributed by atoms with Crippen molar-refractivity contribution >= 4 is 16.9 Å². The van der Waals surface area contributed by atoms with Gasteiger partial charge in [0.2, 0.25) is 0 Å². The lowest BCUT2D eigenvalue weighted by Crippen LogP contribution is -2.04. The molecule has 1 aromatic heterocycles. The van der Waals surface area contributed by atoms with Crippen LogP contribution < -0.4 is 10.2 Å². The van der Waals surface area contributed by atoms with Crippen LogP contribution in [0.15, 0.2) is 57.7 Å². The molecule has 0 saturated carbocycles. The number of carboxylic acid groups (broad SMARTS) is 1. The van der Waals surface area contributed by atoms with Crippen LogP contribution in [0.1, 0.15) is 10.4 Å². The predicted octanol–water partition coefficient (Wildman–Crippen LogP) is 2.53. The van der Waals surface area contributed by atoms with Crippen LogP contribution in [0.5, 0.6) is 5.75 Å². The fourth-order valence-electron chi connectivity index (χ4n) is 2.33. The summed E-state index contributed by atoms with van der Waals surface area (Å²) in [4.78, 5) is 23.3. The third-order valence-electron chi connectivity index (χ3n) is 3.45. The summed E-state index contributed by atoms with van der Waals surface area (Å²) in [6.07, 6.45) is 0. The van der Waals surface area contributed by atoms with Crippen LogP contribution >= 0.6 is 0 Å². The molecule has 0 saturated heterocycles. The van der Waals surface area contributed by atoms with Crippen molar-refractivity contribution in [1.82, 2.24) is 0 Å². The van der Waals surface area contributed by atoms with Crippen LogP contribution in [-0.2, 0) is 0 Å². The van der Waals surface area contributed by atoms with Crippen LogP contribution in [0.4, 0.5) is 0 Å². The maximum absolute atomic E-state index is 12.3. The number of rotatable bonds is 5. The molecule has 122 valence electrons. The number of aromatic carboxylic acids is 1. The van der Waals surface area contributed by atoms with Gasteiger partial charge < -0.3 is 19.4 Å². The van der Waals surface area contributed by atoms with Gasteiger partial charge in [0, 0.05) is 11.6 Å². The molecule has 6 nitrogen and oxygen atoms in total. The minimum atomic E-state index is -1.10. The van der Waals surface area contributed by atoms with Crippen molar-refractivity contribution in [3.63, 3.8) is 0 Å². The SMILES string of the molecule is O=C(O)c1ccc2oc(-c3cccc(OCCO)c3)cc(=O)c2c1. The molecule has 0 radical (unpaired) electrons. The van der Waals surface area contributed by atoms with Crippen LogP contribution in [0, 0.1) is 0 Å². The summed E-state index contributed by atoms with van der Waals surface area (Å²) >= 11 is 0. The predicted molar refractivity (Wildman–Crippen MR) is 87.5 cm³/mol. The molecule has 0 fully saturated rings. The highest BCUT2D eigenvalue weighted by Gasteiger charge is 2.11. The van der Waals surface area contributed by atoms with Gasteiger partial charge in [0.15, 0.2) is 5.43 Å². The van der Waals surface area contributed by atoms with E-state index in [0.717, 1.165) is 0 Å². The molecular weight excluding hydrogens is 312 g/mol. The quantitative estimate of drug-likeness (QED) is 0.748. The molecule has 2 aromatic carbocycles. The van der Waals surface area contributed by atoms with Crippen LogP contribution in [0.2, 0.25) is 0 Å². The Labute approximate surface area is 136 Å². The first-order valence-electron chi connectivity index (χ1n) is 7.24. The molecule has 3 rings (SSSR count). The minimum Gasteiger partial charge on any atom is -0.491 e. The first-order chi connectivity index (χ1) is 11.6. The first kappa shape index (κ1) is 15.8. The van der Waals surface area contributed by atoms with Crippen molar-refractivity contribution in [3.05, 3.63) is 64.3 Å². The molecule has 0 atom stereocenters. The largest absolute Gasteiger partial charge is 0.491 e. The number of hydrogen-bond acceptors (Lipinski definition) is 5. The van der Waals surface area contributed by atoms with E-state index in [1.54, 1.807) is 24.3 Å². The maximum Gasteiger partial charge on any atom is 0.335 e. The standard InChI is InChI=1S/C18H14O6/c19-6-7-23-13-3-1-2-11(8-13)17-10-15(20)14-9-12(18(21)22)4-5-16(14)24-17/h1-5,8-10,19H,6-7H2,(H,21,22). The number of ether oxygens (including phenoxy) is 1. The second-order valence-corrected chi connectivity index (χ2v) is 5.09. The number of carbonyl (C=O) groups is 1. The van der Waals surface area contributed by atoms with Gasteiger partial charge in [-0.2, -0.15) is 0 Å². The summed E-state index contributed by atoms with van der Waals surface area (Å²) in [6.45, 7) is 0.0737. The second-order valence-electron chi connectivity index (χ2n) is 5.09. The lowest BCUT2D eigenvalue weighted by atomic mass is 10.1. The van der Waals surface area contributed by atoms with Gasteiger partial charge in [0.25, 0.3) is 0 Å². The van der Waals surface area contributed by atoms with Crippen molar-refractivity contribution in [1.29, 1.82) is 0 Å². The van der Waals surface area contributed by atoms with E-state index < -0.39 is 5.97 Å². The Morgan fingerprint density at radius 3 is 2.71 bits per heavy atom. The highest BCUT2D eigenvalue weighted by Crippen LogP contribution is 2.26. The highest BCUT2D eigenvalue weighted by molar-refractivity contribution is 5.93. The Hall–Kier alpha value is -3.12. The Kier molecular flexibility index (Phi) is 4.31. The molecular formula is C18H14O6. The maximum atomic E-state index is 12.3. The lowest BCUT2D eigenvalue weighted by molar-refractivity contribution is 0.0697. The molecule has 1 heterocycles. The number of hydrogen-bond donors (Lipinski definition) is 2. The van der Waals surface area contributed by atoms with E-state index in [1.165, 1.54) is 24.3 Å². The van der Waals surface area contributed by atoms with Crippen LogP contribution in [0.25, 0.3) is 22.3 Å². The van der Waals surface area contributed by atoms with E-state index in [9.17, 15) is 9.59 Å². The van der Waals surface area contributed by atoms with E-state index in [2.05, 4.69) is 0 Å². The Balaban J connectivity index is 2.06. The minimum absolute atomic E-state index is 0.0296. The first-order valence-corrected chi connectivity index (χ1v) is 7.24. The summed E-state index contributed by atoms with van der Waals surface area (Å²) in [7, 11) is 0. The number of aliphatic hydroxyl groups excluding tert-OH is 1. The topological polar surface area (TPSA) is 97.0 Å². The van der Waals surface area contributed by atoms with Gasteiger partial charge in [0.05, 0.1) is 17.6 Å². The zero-order chi connectivity index (χ0) is 17.1. The molecule has 0 aliphatic heterocycles. The monoisotopic (exact) mass is 326 g/mol. The van der Waals surface area contributed by atoms with E-state index in [0.29, 0.717) is 22.7 Å². The van der Waals surface area contributed by atoms with E-state index >= 15 is 0 Å². The lowest BCUT2D eigenvalue weighted by Gasteiger charge is -2.07. The molecule has 24 heavy (non-hydrogen) atoms. The fraction of sp³-hybridized carbons (Fsp3) is 0.111. The number of fused-ring (bicyclic) bond motifs is 1. The molecule has 0 bridgehead atoms. The fourth-order valence-corrected chi connectivity index (χ4v) is 2.33. The van der Waals surface area contributed by atoms with Crippen LogP contribution in [-0.4, -0.2) is 29.4 Å². The molecule has 0 unspecified atom stereocenters. The van der Waals surface area contributed by atoms with Gasteiger partial charge in [0.1, 0.15) is 23.7 Å². The summed E-state index contributed by atoms with van der Waals surface area (Å²) in [5.74, 6) is -0.204. The number of aliphatic hydroxyl groups is 1. The molecule has 2 N–H and O–H groups in total. The Morgan fingerprint density at radius 2 is 1.96 bits per heavy atom. The smallest absolute Gasteiger partial charge is 0.335 e. The Morgan fingerprint density at radius 1 is 1.12 bits per heavy atom. The van der Waals surface area contributed by atoms with Crippen molar-refractivity contribution in [2.24, 2.45) is 0 Å². The molecule has 6 heteroatoms. The summed E-state index contributed by atoms with van der Waals surface area (Å²) in [5.41, 5.74) is 0.661. The van der Waals surface area contributed by atoms with E-state index in [4.69, 9.17) is 19.4 Å². The molecule has 3 aromatic rings. The number of benzene rings is 2. The van der Waals surface area contributed by atoms with Gasteiger partial charge in [-0.05, 0) is 30.3 Å². The molecule has 0 amide bonds. The van der Waals surface area contributed by atoms with Crippen molar-refractivity contribution in [2.75, 3.05) is 13.2 Å². The second kappa shape index (κ2) is 6.55. The Bertz CT molecular complexity index is 957. The summed E-state index contributed by atoms with van der Waals surface area (Å²) < 4.78 is 11.1. The van der Waals surface area contributed by atoms with Gasteiger partial charge in [-0.25, -0.2) is 4.79 Å². The van der Waals surface area contributed by atoms with Gasteiger partial charge in [-0.15, -0.1) is 0 Å². The van der Waals surface area contributed by atoms with Crippen molar-refractivity contribution in [3.8, 4) is 17.1 Å². The third kappa shape index (κ3) is 3.13. The highest BCUT2D eigenvalue weighted by atomic mass is 16.5. The molecule has 0 aliphatic rings. The van der Waals surface area contributed by atoms with Crippen molar-refractivity contribution < 1.29 is 24.2 Å². The average molecular weight is 326 g/mol. The number of carboxylic acids is 1. The summed E-state index contributed by atoms with van der Waals surface area (Å²) in [5, 5.41) is 18.0. The van der Waals surface area contributed by atoms with Crippen LogP contribution in [0.3, 0.4) is 0 Å². The zero-order valence-electron chi connectivity index (χ0n) is 12.6. The van der Waals surface area contributed by atoms with Crippen molar-refractivity contribution in [2.45, 2.75) is 0 Å². The molecule has 0 spiro atoms. The molecule has 0 aliphatic carbocycles. The zero-order valence-corrected chi connectivity index (χ0v) is 12.6. The van der Waals surface area contributed by atoms with E-state index in [-0.39, 0.29) is 29.6 Å². The van der Waals surface area contributed by atoms with Gasteiger partial charge >= 0.3 is 5.97 Å². The van der Waals surface area contributed by atoms with E-state index in [1.807, 2.05) is 0 Å².